The molecule has 0 amide bonds. The van der Waals surface area contributed by atoms with Crippen LogP contribution in [-0.2, 0) is 19.4 Å². The van der Waals surface area contributed by atoms with E-state index < -0.39 is 32.4 Å². The summed E-state index contributed by atoms with van der Waals surface area (Å²) in [5.74, 6) is -1.68. The molecule has 0 aromatic heterocycles. The summed E-state index contributed by atoms with van der Waals surface area (Å²) in [5, 5.41) is 8.87. The first-order valence-corrected chi connectivity index (χ1v) is 9.00. The van der Waals surface area contributed by atoms with Gasteiger partial charge in [-0.3, -0.25) is 4.79 Å². The summed E-state index contributed by atoms with van der Waals surface area (Å²) in [7, 11) is -3.58. The molecular weight excluding hydrogens is 326 g/mol. The molecule has 0 radical (unpaired) electrons. The molecule has 7 heteroatoms. The van der Waals surface area contributed by atoms with Crippen molar-refractivity contribution in [2.75, 3.05) is 12.4 Å². The molecule has 1 aliphatic rings. The summed E-state index contributed by atoms with van der Waals surface area (Å²) in [6.07, 6.45) is 0. The van der Waals surface area contributed by atoms with E-state index in [-0.39, 0.29) is 12.4 Å². The van der Waals surface area contributed by atoms with Crippen LogP contribution in [0.2, 0.25) is 5.02 Å². The highest BCUT2D eigenvalue weighted by atomic mass is 35.5. The van der Waals surface area contributed by atoms with Crippen LogP contribution in [0, 0.1) is 16.7 Å². The summed E-state index contributed by atoms with van der Waals surface area (Å²) < 4.78 is 29.6. The van der Waals surface area contributed by atoms with Crippen molar-refractivity contribution in [3.63, 3.8) is 0 Å². The number of rotatable bonds is 5. The van der Waals surface area contributed by atoms with Crippen LogP contribution in [0.25, 0.3) is 0 Å². The van der Waals surface area contributed by atoms with Crippen LogP contribution in [0.5, 0.6) is 0 Å². The van der Waals surface area contributed by atoms with Gasteiger partial charge in [0, 0.05) is 16.7 Å². The molecule has 1 aromatic carbocycles. The number of ether oxygens (including phenoxy) is 1. The van der Waals surface area contributed by atoms with Gasteiger partial charge in [0.2, 0.25) is 0 Å². The van der Waals surface area contributed by atoms with E-state index in [0.717, 1.165) is 0 Å². The Morgan fingerprint density at radius 1 is 1.45 bits per heavy atom. The topological polar surface area (TPSA) is 84.2 Å². The number of hydrogen-bond acceptors (Lipinski definition) is 5. The third-order valence-corrected chi connectivity index (χ3v) is 6.39. The lowest BCUT2D eigenvalue weighted by Gasteiger charge is -2.08. The van der Waals surface area contributed by atoms with E-state index in [1.165, 1.54) is 6.92 Å². The van der Waals surface area contributed by atoms with Gasteiger partial charge in [0.05, 0.1) is 12.7 Å². The van der Waals surface area contributed by atoms with Crippen LogP contribution in [0.3, 0.4) is 0 Å². The molecular formula is C15H16ClNO4S. The molecule has 0 bridgehead atoms. The molecule has 0 N–H and O–H groups in total. The number of nitrogens with zero attached hydrogens (tertiary/aromatic N) is 1. The SMILES string of the molecule is CCOC(=O)[C@@]1(C#N)[C@H](S(=O)(=O)CC)[C@@H]1c1cccc(Cl)c1. The van der Waals surface area contributed by atoms with Gasteiger partial charge in [-0.25, -0.2) is 8.42 Å². The minimum absolute atomic E-state index is 0.0867. The highest BCUT2D eigenvalue weighted by Gasteiger charge is 2.77. The number of esters is 1. The predicted molar refractivity (Wildman–Crippen MR) is 82.1 cm³/mol. The van der Waals surface area contributed by atoms with Crippen molar-refractivity contribution in [1.82, 2.24) is 0 Å². The van der Waals surface area contributed by atoms with Crippen LogP contribution in [0.15, 0.2) is 24.3 Å². The molecule has 3 atom stereocenters. The molecule has 22 heavy (non-hydrogen) atoms. The minimum Gasteiger partial charge on any atom is -0.465 e. The summed E-state index contributed by atoms with van der Waals surface area (Å²) in [4.78, 5) is 12.3. The van der Waals surface area contributed by atoms with Gasteiger partial charge in [-0.15, -0.1) is 0 Å². The van der Waals surface area contributed by atoms with Gasteiger partial charge in [0.15, 0.2) is 15.3 Å². The van der Waals surface area contributed by atoms with E-state index in [2.05, 4.69) is 0 Å². The number of hydrogen-bond donors (Lipinski definition) is 0. The lowest BCUT2D eigenvalue weighted by molar-refractivity contribution is -0.147. The smallest absolute Gasteiger partial charge is 0.328 e. The van der Waals surface area contributed by atoms with Crippen LogP contribution in [-0.4, -0.2) is 32.0 Å². The largest absolute Gasteiger partial charge is 0.465 e. The van der Waals surface area contributed by atoms with Gasteiger partial charge in [0.25, 0.3) is 0 Å². The van der Waals surface area contributed by atoms with Crippen LogP contribution in [0.4, 0.5) is 0 Å². The Morgan fingerprint density at radius 3 is 2.64 bits per heavy atom. The molecule has 0 unspecified atom stereocenters. The fourth-order valence-corrected chi connectivity index (χ4v) is 4.96. The van der Waals surface area contributed by atoms with Gasteiger partial charge in [-0.2, -0.15) is 5.26 Å². The number of nitriles is 1. The Bertz CT molecular complexity index is 740. The van der Waals surface area contributed by atoms with Crippen LogP contribution >= 0.6 is 11.6 Å². The molecule has 0 aliphatic heterocycles. The molecule has 118 valence electrons. The Hall–Kier alpha value is -1.58. The molecule has 1 saturated carbocycles. The quantitative estimate of drug-likeness (QED) is 0.767. The Morgan fingerprint density at radius 2 is 2.14 bits per heavy atom. The number of halogens is 1. The Labute approximate surface area is 134 Å². The van der Waals surface area contributed by atoms with Gasteiger partial charge in [0.1, 0.15) is 5.25 Å². The van der Waals surface area contributed by atoms with E-state index in [0.29, 0.717) is 10.6 Å². The van der Waals surface area contributed by atoms with E-state index in [1.54, 1.807) is 31.2 Å². The average Bonchev–Trinajstić information content (AvgIpc) is 3.19. The molecule has 0 saturated heterocycles. The minimum atomic E-state index is -3.58. The lowest BCUT2D eigenvalue weighted by atomic mass is 10.0. The van der Waals surface area contributed by atoms with Crippen molar-refractivity contribution in [2.24, 2.45) is 5.41 Å². The van der Waals surface area contributed by atoms with Crippen molar-refractivity contribution < 1.29 is 17.9 Å². The first-order chi connectivity index (χ1) is 10.3. The second kappa shape index (κ2) is 5.90. The normalized spacial score (nSPS) is 27.0. The zero-order valence-corrected chi connectivity index (χ0v) is 13.8. The van der Waals surface area contributed by atoms with Crippen LogP contribution < -0.4 is 0 Å². The summed E-state index contributed by atoms with van der Waals surface area (Å²) in [6.45, 7) is 3.20. The third-order valence-electron chi connectivity index (χ3n) is 3.93. The molecule has 2 rings (SSSR count). The van der Waals surface area contributed by atoms with Crippen molar-refractivity contribution in [3.8, 4) is 6.07 Å². The summed E-state index contributed by atoms with van der Waals surface area (Å²) in [6, 6.07) is 8.47. The molecule has 1 aromatic rings. The lowest BCUT2D eigenvalue weighted by Crippen LogP contribution is -2.26. The Kier molecular flexibility index (Phi) is 4.50. The zero-order valence-electron chi connectivity index (χ0n) is 12.2. The maximum atomic E-state index is 12.3. The van der Waals surface area contributed by atoms with E-state index in [4.69, 9.17) is 16.3 Å². The van der Waals surface area contributed by atoms with Crippen molar-refractivity contribution in [3.05, 3.63) is 34.9 Å². The van der Waals surface area contributed by atoms with Crippen molar-refractivity contribution in [1.29, 1.82) is 5.26 Å². The molecule has 1 aliphatic carbocycles. The fraction of sp³-hybridized carbons (Fsp3) is 0.467. The second-order valence-electron chi connectivity index (χ2n) is 5.11. The standard InChI is InChI=1S/C15H16ClNO4S/c1-3-21-14(18)15(9-17)12(13(15)22(19,20)4-2)10-6-5-7-11(16)8-10/h5-8,12-13H,3-4H2,1-2H3/t12-,13+,15+/m0/s1. The van der Waals surface area contributed by atoms with Gasteiger partial charge in [-0.05, 0) is 24.6 Å². The van der Waals surface area contributed by atoms with E-state index >= 15 is 0 Å². The van der Waals surface area contributed by atoms with Gasteiger partial charge >= 0.3 is 5.97 Å². The third kappa shape index (κ3) is 2.49. The monoisotopic (exact) mass is 341 g/mol. The van der Waals surface area contributed by atoms with Crippen LogP contribution in [0.1, 0.15) is 25.3 Å². The average molecular weight is 342 g/mol. The fourth-order valence-electron chi connectivity index (χ4n) is 2.84. The second-order valence-corrected chi connectivity index (χ2v) is 7.95. The summed E-state index contributed by atoms with van der Waals surface area (Å²) >= 11 is 5.94. The highest BCUT2D eigenvalue weighted by molar-refractivity contribution is 7.92. The van der Waals surface area contributed by atoms with Gasteiger partial charge in [-0.1, -0.05) is 30.7 Å². The molecule has 5 nitrogen and oxygen atoms in total. The first kappa shape index (κ1) is 16.8. The predicted octanol–water partition coefficient (Wildman–Crippen LogP) is 2.31. The molecule has 1 fully saturated rings. The summed E-state index contributed by atoms with van der Waals surface area (Å²) in [5.41, 5.74) is -1.13. The molecule has 0 heterocycles. The number of benzene rings is 1. The van der Waals surface area contributed by atoms with E-state index in [1.807, 2.05) is 6.07 Å². The van der Waals surface area contributed by atoms with Gasteiger partial charge < -0.3 is 4.74 Å². The van der Waals surface area contributed by atoms with Crippen molar-refractivity contribution in [2.45, 2.75) is 25.0 Å². The number of carbonyl (C=O) groups is 1. The zero-order chi connectivity index (χ0) is 16.5. The van der Waals surface area contributed by atoms with Crippen molar-refractivity contribution >= 4 is 27.4 Å². The first-order valence-electron chi connectivity index (χ1n) is 6.90. The maximum Gasteiger partial charge on any atom is 0.328 e. The maximum absolute atomic E-state index is 12.3. The van der Waals surface area contributed by atoms with E-state index in [9.17, 15) is 18.5 Å². The Balaban J connectivity index is 2.55. The number of sulfone groups is 1. The molecule has 0 spiro atoms. The highest BCUT2D eigenvalue weighted by Crippen LogP contribution is 2.63. The number of carbonyl (C=O) groups excluding carboxylic acids is 1.